The zero-order valence-corrected chi connectivity index (χ0v) is 13.4. The molecule has 4 rings (SSSR count). The Morgan fingerprint density at radius 1 is 1.09 bits per heavy atom. The van der Waals surface area contributed by atoms with Crippen LogP contribution in [0.25, 0.3) is 22.6 Å². The van der Waals surface area contributed by atoms with Crippen molar-refractivity contribution in [2.24, 2.45) is 0 Å². The van der Waals surface area contributed by atoms with Crippen molar-refractivity contribution >= 4 is 38.5 Å². The third kappa shape index (κ3) is 2.20. The molecule has 1 aliphatic rings. The van der Waals surface area contributed by atoms with E-state index in [9.17, 15) is 4.79 Å². The van der Waals surface area contributed by atoms with Crippen LogP contribution in [0, 0.1) is 0 Å². The molecule has 2 aromatic carbocycles. The minimum absolute atomic E-state index is 0.0554. The third-order valence-electron chi connectivity index (χ3n) is 3.96. The van der Waals surface area contributed by atoms with Gasteiger partial charge in [-0.15, -0.1) is 0 Å². The first-order chi connectivity index (χ1) is 10.7. The largest absolute Gasteiger partial charge is 0.292 e. The molecule has 22 heavy (non-hydrogen) atoms. The van der Waals surface area contributed by atoms with Gasteiger partial charge in [0.2, 0.25) is 0 Å². The lowest BCUT2D eigenvalue weighted by Gasteiger charge is -2.05. The van der Waals surface area contributed by atoms with Gasteiger partial charge in [-0.2, -0.15) is 0 Å². The predicted octanol–water partition coefficient (Wildman–Crippen LogP) is 4.10. The second-order valence-corrected chi connectivity index (χ2v) is 6.30. The number of fused-ring (bicyclic) bond motifs is 2. The smallest absolute Gasteiger partial charge is 0.261 e. The molecule has 3 nitrogen and oxygen atoms in total. The number of rotatable bonds is 1. The Labute approximate surface area is 136 Å². The van der Waals surface area contributed by atoms with Crippen molar-refractivity contribution < 1.29 is 0 Å². The van der Waals surface area contributed by atoms with Crippen molar-refractivity contribution in [1.29, 1.82) is 0 Å². The first-order valence-electron chi connectivity index (χ1n) is 7.18. The molecule has 0 spiro atoms. The minimum atomic E-state index is 0.0554. The molecule has 0 saturated heterocycles. The number of para-hydroxylation sites is 1. The van der Waals surface area contributed by atoms with Gasteiger partial charge in [0.05, 0.1) is 10.9 Å². The van der Waals surface area contributed by atoms with Crippen LogP contribution in [0.4, 0.5) is 0 Å². The normalized spacial score (nSPS) is 15.4. The SMILES string of the molecule is O=c1c2ccccc2nc2n1CC/C2=C\c1ccc(Br)cc1. The molecular weight excluding hydrogens is 340 g/mol. The number of halogens is 1. The van der Waals surface area contributed by atoms with Gasteiger partial charge in [-0.25, -0.2) is 4.98 Å². The fourth-order valence-electron chi connectivity index (χ4n) is 2.86. The monoisotopic (exact) mass is 352 g/mol. The van der Waals surface area contributed by atoms with Crippen molar-refractivity contribution in [3.05, 3.63) is 74.7 Å². The maximum atomic E-state index is 12.6. The maximum absolute atomic E-state index is 12.6. The van der Waals surface area contributed by atoms with Crippen molar-refractivity contribution in [3.8, 4) is 0 Å². The Balaban J connectivity index is 1.88. The summed E-state index contributed by atoms with van der Waals surface area (Å²) in [5, 5.41) is 0.691. The van der Waals surface area contributed by atoms with Crippen molar-refractivity contribution in [2.45, 2.75) is 13.0 Å². The van der Waals surface area contributed by atoms with E-state index < -0.39 is 0 Å². The van der Waals surface area contributed by atoms with Crippen LogP contribution in [0.1, 0.15) is 17.8 Å². The lowest BCUT2D eigenvalue weighted by Crippen LogP contribution is -2.20. The summed E-state index contributed by atoms with van der Waals surface area (Å²) in [6, 6.07) is 15.7. The van der Waals surface area contributed by atoms with E-state index in [1.807, 2.05) is 36.4 Å². The van der Waals surface area contributed by atoms with Gasteiger partial charge >= 0.3 is 0 Å². The van der Waals surface area contributed by atoms with Crippen LogP contribution < -0.4 is 5.56 Å². The molecule has 0 unspecified atom stereocenters. The minimum Gasteiger partial charge on any atom is -0.292 e. The van der Waals surface area contributed by atoms with Crippen LogP contribution in [-0.2, 0) is 6.54 Å². The molecule has 0 bridgehead atoms. The van der Waals surface area contributed by atoms with Crippen LogP contribution >= 0.6 is 15.9 Å². The molecular formula is C18H13BrN2O. The molecule has 0 saturated carbocycles. The van der Waals surface area contributed by atoms with Gasteiger partial charge in [-0.3, -0.25) is 9.36 Å². The number of benzene rings is 2. The van der Waals surface area contributed by atoms with Gasteiger partial charge in [-0.1, -0.05) is 40.2 Å². The number of allylic oxidation sites excluding steroid dienone is 1. The van der Waals surface area contributed by atoms with Crippen molar-refractivity contribution in [2.75, 3.05) is 0 Å². The number of nitrogens with zero attached hydrogens (tertiary/aromatic N) is 2. The van der Waals surface area contributed by atoms with E-state index in [4.69, 9.17) is 4.98 Å². The maximum Gasteiger partial charge on any atom is 0.261 e. The fraction of sp³-hybridized carbons (Fsp3) is 0.111. The standard InChI is InChI=1S/C18H13BrN2O/c19-14-7-5-12(6-8-14)11-13-9-10-21-17(13)20-16-4-2-1-3-15(16)18(21)22/h1-8,11H,9-10H2/b13-11+. The molecule has 0 atom stereocenters. The molecule has 0 radical (unpaired) electrons. The average Bonchev–Trinajstić information content (AvgIpc) is 2.93. The summed E-state index contributed by atoms with van der Waals surface area (Å²) >= 11 is 3.44. The molecule has 0 N–H and O–H groups in total. The molecule has 4 heteroatoms. The van der Waals surface area contributed by atoms with E-state index in [2.05, 4.69) is 34.1 Å². The molecule has 108 valence electrons. The van der Waals surface area contributed by atoms with E-state index in [0.29, 0.717) is 11.9 Å². The van der Waals surface area contributed by atoms with Gasteiger partial charge in [-0.05, 0) is 47.9 Å². The van der Waals surface area contributed by atoms with E-state index in [1.54, 1.807) is 4.57 Å². The molecule has 0 fully saturated rings. The van der Waals surface area contributed by atoms with Gasteiger partial charge in [0, 0.05) is 11.0 Å². The Morgan fingerprint density at radius 2 is 1.86 bits per heavy atom. The number of aromatic nitrogens is 2. The van der Waals surface area contributed by atoms with Gasteiger partial charge in [0.25, 0.3) is 5.56 Å². The van der Waals surface area contributed by atoms with Crippen molar-refractivity contribution in [3.63, 3.8) is 0 Å². The van der Waals surface area contributed by atoms with Gasteiger partial charge in [0.1, 0.15) is 5.82 Å². The second-order valence-electron chi connectivity index (χ2n) is 5.38. The van der Waals surface area contributed by atoms with Crippen LogP contribution in [0.2, 0.25) is 0 Å². The summed E-state index contributed by atoms with van der Waals surface area (Å²) in [6.45, 7) is 0.703. The summed E-state index contributed by atoms with van der Waals surface area (Å²) in [6.07, 6.45) is 2.96. The van der Waals surface area contributed by atoms with Crippen molar-refractivity contribution in [1.82, 2.24) is 9.55 Å². The first kappa shape index (κ1) is 13.5. The number of hydrogen-bond donors (Lipinski definition) is 0. The summed E-state index contributed by atoms with van der Waals surface area (Å²) in [5.41, 5.74) is 3.06. The first-order valence-corrected chi connectivity index (χ1v) is 7.98. The predicted molar refractivity (Wildman–Crippen MR) is 92.6 cm³/mol. The molecule has 2 heterocycles. The van der Waals surface area contributed by atoms with E-state index >= 15 is 0 Å². The molecule has 0 amide bonds. The molecule has 0 aliphatic carbocycles. The quantitative estimate of drug-likeness (QED) is 0.660. The third-order valence-corrected chi connectivity index (χ3v) is 4.49. The highest BCUT2D eigenvalue weighted by atomic mass is 79.9. The van der Waals surface area contributed by atoms with E-state index in [-0.39, 0.29) is 5.56 Å². The van der Waals surface area contributed by atoms with Gasteiger partial charge in [0.15, 0.2) is 0 Å². The zero-order chi connectivity index (χ0) is 15.1. The highest BCUT2D eigenvalue weighted by Crippen LogP contribution is 2.27. The van der Waals surface area contributed by atoms with Crippen LogP contribution in [0.3, 0.4) is 0 Å². The number of hydrogen-bond acceptors (Lipinski definition) is 2. The zero-order valence-electron chi connectivity index (χ0n) is 11.8. The molecule has 1 aliphatic heterocycles. The molecule has 3 aromatic rings. The Bertz CT molecular complexity index is 955. The molecule has 1 aromatic heterocycles. The lowest BCUT2D eigenvalue weighted by atomic mass is 10.1. The highest BCUT2D eigenvalue weighted by molar-refractivity contribution is 9.10. The lowest BCUT2D eigenvalue weighted by molar-refractivity contribution is 0.725. The Morgan fingerprint density at radius 3 is 2.68 bits per heavy atom. The van der Waals surface area contributed by atoms with Crippen LogP contribution in [0.5, 0.6) is 0 Å². The van der Waals surface area contributed by atoms with E-state index in [0.717, 1.165) is 33.4 Å². The Hall–Kier alpha value is -2.20. The van der Waals surface area contributed by atoms with Crippen LogP contribution in [-0.4, -0.2) is 9.55 Å². The van der Waals surface area contributed by atoms with Gasteiger partial charge < -0.3 is 0 Å². The Kier molecular flexibility index (Phi) is 3.19. The topological polar surface area (TPSA) is 34.9 Å². The average molecular weight is 353 g/mol. The highest BCUT2D eigenvalue weighted by Gasteiger charge is 2.20. The fourth-order valence-corrected chi connectivity index (χ4v) is 3.13. The summed E-state index contributed by atoms with van der Waals surface area (Å²) < 4.78 is 2.84. The van der Waals surface area contributed by atoms with Crippen LogP contribution in [0.15, 0.2) is 57.8 Å². The summed E-state index contributed by atoms with van der Waals surface area (Å²) in [4.78, 5) is 17.2. The summed E-state index contributed by atoms with van der Waals surface area (Å²) in [5.74, 6) is 0.798. The summed E-state index contributed by atoms with van der Waals surface area (Å²) in [7, 11) is 0. The second kappa shape index (κ2) is 5.21. The van der Waals surface area contributed by atoms with E-state index in [1.165, 1.54) is 0 Å².